The third-order valence-electron chi connectivity index (χ3n) is 2.90. The van der Waals surface area contributed by atoms with Crippen LogP contribution in [0.5, 0.6) is 0 Å². The molecule has 1 aliphatic rings. The van der Waals surface area contributed by atoms with E-state index in [9.17, 15) is 4.79 Å². The first kappa shape index (κ1) is 14.7. The largest absolute Gasteiger partial charge is 0.387 e. The molecule has 1 amide bonds. The number of nitrogens with zero attached hydrogens (tertiary/aromatic N) is 1. The van der Waals surface area contributed by atoms with Crippen LogP contribution in [0.25, 0.3) is 0 Å². The molecule has 0 N–H and O–H groups in total. The van der Waals surface area contributed by atoms with Crippen LogP contribution in [-0.4, -0.2) is 39.1 Å². The summed E-state index contributed by atoms with van der Waals surface area (Å²) in [5.41, 5.74) is 0. The van der Waals surface area contributed by atoms with E-state index in [2.05, 4.69) is 5.38 Å². The first-order chi connectivity index (χ1) is 8.81. The van der Waals surface area contributed by atoms with Crippen LogP contribution >= 0.6 is 11.3 Å². The minimum Gasteiger partial charge on any atom is -0.387 e. The molecule has 1 aromatic rings. The van der Waals surface area contributed by atoms with Crippen LogP contribution in [0.4, 0.5) is 0 Å². The number of amides is 1. The second-order valence-electron chi connectivity index (χ2n) is 4.10. The van der Waals surface area contributed by atoms with Crippen LogP contribution in [0.15, 0.2) is 12.1 Å². The van der Waals surface area contributed by atoms with Gasteiger partial charge in [0.05, 0.1) is 20.5 Å². The Bertz CT molecular complexity index is 380. The summed E-state index contributed by atoms with van der Waals surface area (Å²) in [5, 5.41) is 3.02. The van der Waals surface area contributed by atoms with Crippen LogP contribution in [0.1, 0.15) is 17.7 Å². The van der Waals surface area contributed by atoms with Gasteiger partial charge in [0.15, 0.2) is 0 Å². The molecular weight excluding hydrogens is 322 g/mol. The molecule has 0 spiro atoms. The number of likely N-dealkylation sites (tertiary alicyclic amines) is 1. The summed E-state index contributed by atoms with van der Waals surface area (Å²) in [6.45, 7) is 1.82. The minimum absolute atomic E-state index is 0. The van der Waals surface area contributed by atoms with Gasteiger partial charge in [-0.25, -0.2) is 0 Å². The second kappa shape index (κ2) is 8.47. The molecule has 0 saturated carbocycles. The number of carbonyl (C=O) groups excluding carboxylic acids is 1. The van der Waals surface area contributed by atoms with E-state index in [1.807, 2.05) is 17.0 Å². The molecule has 1 aromatic heterocycles. The molecule has 6 heteroatoms. The third-order valence-corrected chi connectivity index (χ3v) is 3.67. The van der Waals surface area contributed by atoms with Crippen molar-refractivity contribution in [3.8, 4) is 0 Å². The summed E-state index contributed by atoms with van der Waals surface area (Å²) in [4.78, 5) is 14.7. The SMILES string of the molecule is [2H][B]CCN1C(=O)CC[C@@H]1COCc1cc[c-]s1.[Y]. The average Bonchev–Trinajstić information content (AvgIpc) is 2.98. The van der Waals surface area contributed by atoms with E-state index < -0.39 is 0 Å². The summed E-state index contributed by atoms with van der Waals surface area (Å²) in [5.74, 6) is 0.190. The Balaban J connectivity index is 0.00000180. The van der Waals surface area contributed by atoms with Gasteiger partial charge in [0.1, 0.15) is 0 Å². The van der Waals surface area contributed by atoms with E-state index >= 15 is 0 Å². The molecule has 0 aromatic carbocycles. The van der Waals surface area contributed by atoms with Gasteiger partial charge in [0.2, 0.25) is 5.91 Å². The van der Waals surface area contributed by atoms with Gasteiger partial charge in [-0.3, -0.25) is 16.1 Å². The maximum Gasteiger partial charge on any atom is 0.222 e. The molecule has 0 aliphatic carbocycles. The molecule has 1 atom stereocenters. The van der Waals surface area contributed by atoms with Gasteiger partial charge in [-0.05, 0) is 7.76 Å². The standard InChI is InChI=1S/C12H16BNO2S.Y/c13-5-6-14-10(3-4-12(14)15)8-16-9-11-2-1-7-17-11;/h1-2,10,13H,3-6,8-9H2;/q-1;/t10-;/m1./s1/i13D;. The zero-order chi connectivity index (χ0) is 12.8. The number of hydrogen-bond acceptors (Lipinski definition) is 3. The number of ether oxygens (including phenoxy) is 1. The average molecular weight is 339 g/mol. The van der Waals surface area contributed by atoms with Crippen molar-refractivity contribution in [2.75, 3.05) is 13.2 Å². The first-order valence-electron chi connectivity index (χ1n) is 6.41. The molecule has 1 aliphatic heterocycles. The molecule has 18 heavy (non-hydrogen) atoms. The zero-order valence-electron chi connectivity index (χ0n) is 11.3. The summed E-state index contributed by atoms with van der Waals surface area (Å²) in [7, 11) is 1.35. The number of carbonyl (C=O) groups is 1. The van der Waals surface area contributed by atoms with Crippen LogP contribution in [0.3, 0.4) is 0 Å². The van der Waals surface area contributed by atoms with Crippen molar-refractivity contribution in [1.82, 2.24) is 4.90 Å². The Morgan fingerprint density at radius 1 is 1.72 bits per heavy atom. The molecule has 2 radical (unpaired) electrons. The Morgan fingerprint density at radius 2 is 2.61 bits per heavy atom. The van der Waals surface area contributed by atoms with Crippen LogP contribution in [-0.2, 0) is 48.8 Å². The Labute approximate surface area is 140 Å². The molecule has 3 nitrogen and oxygen atoms in total. The fraction of sp³-hybridized carbons (Fsp3) is 0.583. The maximum absolute atomic E-state index is 11.7. The van der Waals surface area contributed by atoms with E-state index in [1.165, 1.54) is 7.81 Å². The van der Waals surface area contributed by atoms with Crippen LogP contribution < -0.4 is 0 Å². The van der Waals surface area contributed by atoms with Gasteiger partial charge in [0, 0.05) is 52.3 Å². The minimum atomic E-state index is 0. The number of hydrogen-bond donors (Lipinski definition) is 0. The predicted molar refractivity (Wildman–Crippen MR) is 69.5 cm³/mol. The first-order valence-corrected chi connectivity index (χ1v) is 6.65. The smallest absolute Gasteiger partial charge is 0.222 e. The van der Waals surface area contributed by atoms with Gasteiger partial charge in [0.25, 0.3) is 0 Å². The molecule has 0 unspecified atom stereocenters. The molecule has 94 valence electrons. The Hall–Kier alpha value is 0.299. The van der Waals surface area contributed by atoms with Crippen molar-refractivity contribution in [3.63, 3.8) is 0 Å². The van der Waals surface area contributed by atoms with Crippen LogP contribution in [0, 0.1) is 5.38 Å². The van der Waals surface area contributed by atoms with Gasteiger partial charge in [-0.15, -0.1) is 10.3 Å². The molecule has 2 heterocycles. The normalized spacial score (nSPS) is 19.6. The van der Waals surface area contributed by atoms with E-state index in [4.69, 9.17) is 6.07 Å². The maximum atomic E-state index is 11.7. The molecule has 1 saturated heterocycles. The van der Waals surface area contributed by atoms with Crippen molar-refractivity contribution in [3.05, 3.63) is 22.4 Å². The second-order valence-corrected chi connectivity index (χ2v) is 5.07. The number of thiophene rings is 1. The summed E-state index contributed by atoms with van der Waals surface area (Å²) >= 11 is 1.56. The van der Waals surface area contributed by atoms with E-state index in [0.717, 1.165) is 11.3 Å². The number of rotatable bonds is 7. The third kappa shape index (κ3) is 4.44. The molecule has 2 rings (SSSR count). The van der Waals surface area contributed by atoms with Crippen LogP contribution in [0.2, 0.25) is 6.32 Å². The quantitative estimate of drug-likeness (QED) is 0.555. The molecule has 1 fully saturated rings. The fourth-order valence-corrected chi connectivity index (χ4v) is 2.62. The van der Waals surface area contributed by atoms with Crippen molar-refractivity contribution < 1.29 is 42.2 Å². The van der Waals surface area contributed by atoms with Crippen molar-refractivity contribution in [1.29, 1.82) is 1.34 Å². The van der Waals surface area contributed by atoms with Gasteiger partial charge in [-0.1, -0.05) is 6.32 Å². The van der Waals surface area contributed by atoms with E-state index in [-0.39, 0.29) is 44.7 Å². The predicted octanol–water partition coefficient (Wildman–Crippen LogP) is 1.37. The fourth-order valence-electron chi connectivity index (χ4n) is 2.06. The van der Waals surface area contributed by atoms with E-state index in [1.54, 1.807) is 11.3 Å². The monoisotopic (exact) mass is 339 g/mol. The molecular formula is C12H16BNO2SY-. The van der Waals surface area contributed by atoms with Gasteiger partial charge >= 0.3 is 0 Å². The molecule has 0 bridgehead atoms. The Kier molecular flexibility index (Phi) is 6.91. The zero-order valence-corrected chi connectivity index (χ0v) is 14.0. The summed E-state index contributed by atoms with van der Waals surface area (Å²) in [6.07, 6.45) is 2.11. The summed E-state index contributed by atoms with van der Waals surface area (Å²) < 4.78 is 12.7. The van der Waals surface area contributed by atoms with Gasteiger partial charge in [-0.2, -0.15) is 12.1 Å². The van der Waals surface area contributed by atoms with Crippen molar-refractivity contribution in [2.24, 2.45) is 0 Å². The Morgan fingerprint density at radius 3 is 3.33 bits per heavy atom. The summed E-state index contributed by atoms with van der Waals surface area (Å²) in [6, 6.07) is 4.07. The topological polar surface area (TPSA) is 29.5 Å². The van der Waals surface area contributed by atoms with Gasteiger partial charge < -0.3 is 9.64 Å². The van der Waals surface area contributed by atoms with Crippen molar-refractivity contribution in [2.45, 2.75) is 31.8 Å². The van der Waals surface area contributed by atoms with Crippen molar-refractivity contribution >= 4 is 25.1 Å². The van der Waals surface area contributed by atoms with E-state index in [0.29, 0.717) is 32.5 Å².